The lowest BCUT2D eigenvalue weighted by molar-refractivity contribution is -0.143. The summed E-state index contributed by atoms with van der Waals surface area (Å²) in [5, 5.41) is 7.00. The van der Waals surface area contributed by atoms with Gasteiger partial charge in [-0.3, -0.25) is 14.4 Å². The third-order valence-corrected chi connectivity index (χ3v) is 10.0. The van der Waals surface area contributed by atoms with E-state index in [1.807, 2.05) is 0 Å². The number of hydrogen-bond acceptors (Lipinski definition) is 6. The van der Waals surface area contributed by atoms with Crippen LogP contribution in [0, 0.1) is 5.92 Å². The van der Waals surface area contributed by atoms with Crippen LogP contribution in [0.1, 0.15) is 60.5 Å². The van der Waals surface area contributed by atoms with Crippen LogP contribution in [0.15, 0.2) is 29.4 Å². The molecule has 2 aromatic rings. The highest BCUT2D eigenvalue weighted by Gasteiger charge is 2.51. The van der Waals surface area contributed by atoms with Crippen molar-refractivity contribution in [3.63, 3.8) is 0 Å². The van der Waals surface area contributed by atoms with E-state index in [0.717, 1.165) is 0 Å². The number of Topliss-reactive ketones (excluding diaryl/α,β-unsaturated/α-hetero) is 1. The van der Waals surface area contributed by atoms with Crippen molar-refractivity contribution in [1.82, 2.24) is 24.2 Å². The maximum absolute atomic E-state index is 14.2. The van der Waals surface area contributed by atoms with Crippen LogP contribution in [0.4, 0.5) is 35.1 Å². The third kappa shape index (κ3) is 7.31. The fraction of sp³-hybridized carbons (Fsp3) is 0.640. The molecular formula is C25H30ClF8N5O3S. The lowest BCUT2D eigenvalue weighted by atomic mass is 9.69. The number of hydrogen-bond donors (Lipinski definition) is 0. The summed E-state index contributed by atoms with van der Waals surface area (Å²) in [5.74, 6) is -4.84. The van der Waals surface area contributed by atoms with Gasteiger partial charge in [0.05, 0.1) is 17.3 Å². The third-order valence-electron chi connectivity index (χ3n) is 8.26. The van der Waals surface area contributed by atoms with E-state index in [1.54, 1.807) is 11.8 Å². The largest absolute Gasteiger partial charge is 0.417 e. The number of carbonyl (C=O) groups is 1. The predicted molar refractivity (Wildman–Crippen MR) is 139 cm³/mol. The van der Waals surface area contributed by atoms with Gasteiger partial charge in [0.2, 0.25) is 10.9 Å². The summed E-state index contributed by atoms with van der Waals surface area (Å²) in [5.41, 5.74) is -5.29. The predicted octanol–water partition coefficient (Wildman–Crippen LogP) is 5.44. The first-order valence-electron chi connectivity index (χ1n) is 13.1. The molecule has 1 saturated carbocycles. The Hall–Kier alpha value is -2.37. The Balaban J connectivity index is 0.00000506. The summed E-state index contributed by atoms with van der Waals surface area (Å²) in [6, 6.07) is 0.797. The maximum Gasteiger partial charge on any atom is 0.417 e. The molecule has 8 nitrogen and oxygen atoms in total. The molecule has 1 aromatic carbocycles. The molecule has 1 aliphatic heterocycles. The minimum absolute atomic E-state index is 0. The van der Waals surface area contributed by atoms with Gasteiger partial charge in [-0.2, -0.15) is 30.6 Å². The Labute approximate surface area is 248 Å². The molecule has 1 saturated heterocycles. The van der Waals surface area contributed by atoms with Gasteiger partial charge in [-0.25, -0.2) is 17.2 Å². The van der Waals surface area contributed by atoms with Gasteiger partial charge >= 0.3 is 12.4 Å². The minimum Gasteiger partial charge on any atom is -0.295 e. The van der Waals surface area contributed by atoms with Crippen molar-refractivity contribution in [2.75, 3.05) is 26.2 Å². The van der Waals surface area contributed by atoms with E-state index in [0.29, 0.717) is 12.1 Å². The highest BCUT2D eigenvalue weighted by Crippen LogP contribution is 2.47. The molecule has 1 atom stereocenters. The Bertz CT molecular complexity index is 1410. The second-order valence-electron chi connectivity index (χ2n) is 10.9. The van der Waals surface area contributed by atoms with Crippen molar-refractivity contribution in [2.45, 2.75) is 67.9 Å². The van der Waals surface area contributed by atoms with Gasteiger partial charge in [-0.1, -0.05) is 18.2 Å². The zero-order valence-corrected chi connectivity index (χ0v) is 24.7. The molecule has 242 valence electrons. The normalized spacial score (nSPS) is 20.8. The van der Waals surface area contributed by atoms with Gasteiger partial charge in [0.1, 0.15) is 0 Å². The molecule has 18 heteroatoms. The van der Waals surface area contributed by atoms with Crippen LogP contribution >= 0.6 is 12.4 Å². The first kappa shape index (κ1) is 35.1. The van der Waals surface area contributed by atoms with Crippen LogP contribution in [0.2, 0.25) is 0 Å². The SMILES string of the molecule is CC(CC(=O)c1ccc(C(F)(F)F)cc1C(F)(F)F)C1(N2CCN(S(=O)(=O)c3cn(C)nn3)CC2)CCC(F)(F)CC1.Cl. The van der Waals surface area contributed by atoms with Crippen molar-refractivity contribution in [1.29, 1.82) is 0 Å². The number of benzene rings is 1. The van der Waals surface area contributed by atoms with E-state index in [-0.39, 0.29) is 62.5 Å². The molecule has 4 rings (SSSR count). The number of aromatic nitrogens is 3. The number of aryl methyl sites for hydroxylation is 1. The molecule has 0 radical (unpaired) electrons. The topological polar surface area (TPSA) is 88.4 Å². The smallest absolute Gasteiger partial charge is 0.295 e. The first-order valence-corrected chi connectivity index (χ1v) is 14.5. The van der Waals surface area contributed by atoms with Crippen molar-refractivity contribution < 1.29 is 48.3 Å². The number of nitrogens with zero attached hydrogens (tertiary/aromatic N) is 5. The number of carbonyl (C=O) groups excluding carboxylic acids is 1. The fourth-order valence-corrected chi connectivity index (χ4v) is 7.23. The molecule has 0 amide bonds. The summed E-state index contributed by atoms with van der Waals surface area (Å²) in [6.07, 6.45) is -10.9. The average molecular weight is 668 g/mol. The van der Waals surface area contributed by atoms with Gasteiger partial charge in [-0.15, -0.1) is 17.5 Å². The molecule has 0 spiro atoms. The standard InChI is InChI=1S/C25H29F8N5O3S.ClH/c1-16(13-20(39)18-4-3-17(24(28,29)30)14-19(18)25(31,32)33)22(5-7-23(26,27)8-6-22)37-9-11-38(12-10-37)42(40,41)21-15-36(2)35-34-21;/h3-4,14-16H,5-13H2,1-2H3;1H. The molecule has 0 bridgehead atoms. The monoisotopic (exact) mass is 667 g/mol. The number of halogens is 9. The number of ketones is 1. The Kier molecular flexibility index (Phi) is 9.96. The zero-order chi connectivity index (χ0) is 31.3. The van der Waals surface area contributed by atoms with E-state index in [2.05, 4.69) is 10.3 Å². The van der Waals surface area contributed by atoms with E-state index in [9.17, 15) is 48.3 Å². The molecule has 2 aliphatic rings. The number of alkyl halides is 8. The number of piperazine rings is 1. The molecule has 2 heterocycles. The van der Waals surface area contributed by atoms with Crippen LogP contribution < -0.4 is 0 Å². The van der Waals surface area contributed by atoms with Gasteiger partial charge in [0.15, 0.2) is 5.78 Å². The van der Waals surface area contributed by atoms with Gasteiger partial charge in [0.25, 0.3) is 10.0 Å². The number of rotatable bonds is 7. The summed E-state index contributed by atoms with van der Waals surface area (Å²) in [4.78, 5) is 15.0. The van der Waals surface area contributed by atoms with Crippen molar-refractivity contribution in [2.24, 2.45) is 13.0 Å². The average Bonchev–Trinajstić information content (AvgIpc) is 3.34. The van der Waals surface area contributed by atoms with Crippen LogP contribution in [0.3, 0.4) is 0 Å². The molecule has 2 fully saturated rings. The lowest BCUT2D eigenvalue weighted by Crippen LogP contribution is -2.62. The Morgan fingerprint density at radius 3 is 2.05 bits per heavy atom. The fourth-order valence-electron chi connectivity index (χ4n) is 5.90. The molecule has 1 aromatic heterocycles. The molecular weight excluding hydrogens is 638 g/mol. The van der Waals surface area contributed by atoms with Gasteiger partial charge in [-0.05, 0) is 30.9 Å². The molecule has 1 unspecified atom stereocenters. The van der Waals surface area contributed by atoms with Crippen LogP contribution in [-0.4, -0.2) is 76.0 Å². The second kappa shape index (κ2) is 12.2. The summed E-state index contributed by atoms with van der Waals surface area (Å²) < 4.78 is 137. The number of sulfonamides is 1. The van der Waals surface area contributed by atoms with Crippen LogP contribution in [0.5, 0.6) is 0 Å². The van der Waals surface area contributed by atoms with E-state index < -0.39 is 81.5 Å². The zero-order valence-electron chi connectivity index (χ0n) is 23.1. The van der Waals surface area contributed by atoms with Crippen LogP contribution in [0.25, 0.3) is 0 Å². The van der Waals surface area contributed by atoms with Gasteiger partial charge < -0.3 is 0 Å². The highest BCUT2D eigenvalue weighted by molar-refractivity contribution is 7.89. The van der Waals surface area contributed by atoms with E-state index in [4.69, 9.17) is 0 Å². The summed E-state index contributed by atoms with van der Waals surface area (Å²) in [7, 11) is -2.49. The second-order valence-corrected chi connectivity index (χ2v) is 12.8. The first-order chi connectivity index (χ1) is 19.3. The van der Waals surface area contributed by atoms with Crippen molar-refractivity contribution >= 4 is 28.2 Å². The molecule has 1 aliphatic carbocycles. The van der Waals surface area contributed by atoms with Crippen molar-refractivity contribution in [3.8, 4) is 0 Å². The quantitative estimate of drug-likeness (QED) is 0.289. The lowest BCUT2D eigenvalue weighted by Gasteiger charge is -2.53. The Morgan fingerprint density at radius 1 is 0.977 bits per heavy atom. The molecule has 0 N–H and O–H groups in total. The van der Waals surface area contributed by atoms with Crippen molar-refractivity contribution in [3.05, 3.63) is 41.1 Å². The Morgan fingerprint density at radius 2 is 1.56 bits per heavy atom. The van der Waals surface area contributed by atoms with Crippen LogP contribution in [-0.2, 0) is 29.4 Å². The maximum atomic E-state index is 14.2. The highest BCUT2D eigenvalue weighted by atomic mass is 35.5. The molecule has 43 heavy (non-hydrogen) atoms. The van der Waals surface area contributed by atoms with E-state index >= 15 is 0 Å². The summed E-state index contributed by atoms with van der Waals surface area (Å²) >= 11 is 0. The summed E-state index contributed by atoms with van der Waals surface area (Å²) in [6.45, 7) is 1.67. The minimum atomic E-state index is -5.25. The van der Waals surface area contributed by atoms with E-state index in [1.165, 1.54) is 22.2 Å². The van der Waals surface area contributed by atoms with Gasteiger partial charge in [0, 0.05) is 63.6 Å².